The van der Waals surface area contributed by atoms with Crippen molar-refractivity contribution in [2.45, 2.75) is 40.4 Å². The molecule has 0 saturated carbocycles. The van der Waals surface area contributed by atoms with Crippen molar-refractivity contribution >= 4 is 11.6 Å². The van der Waals surface area contributed by atoms with Crippen LogP contribution in [0.25, 0.3) is 0 Å². The number of nitrogens with zero attached hydrogens (tertiary/aromatic N) is 2. The van der Waals surface area contributed by atoms with E-state index in [2.05, 4.69) is 48.5 Å². The van der Waals surface area contributed by atoms with E-state index in [1.807, 2.05) is 17.7 Å². The molecular formula is C16H22ClN3. The smallest absolute Gasteiger partial charge is 0.131 e. The van der Waals surface area contributed by atoms with Gasteiger partial charge in [-0.2, -0.15) is 5.10 Å². The molecule has 1 heterocycles. The molecule has 4 heteroatoms. The summed E-state index contributed by atoms with van der Waals surface area (Å²) in [5.41, 5.74) is 3.38. The van der Waals surface area contributed by atoms with Crippen LogP contribution in [0, 0.1) is 12.8 Å². The van der Waals surface area contributed by atoms with Gasteiger partial charge in [0.2, 0.25) is 0 Å². The Morgan fingerprint density at radius 2 is 1.90 bits per heavy atom. The van der Waals surface area contributed by atoms with Crippen molar-refractivity contribution < 1.29 is 0 Å². The molecule has 2 aromatic rings. The van der Waals surface area contributed by atoms with E-state index in [0.29, 0.717) is 5.92 Å². The molecule has 0 aliphatic rings. The fourth-order valence-corrected chi connectivity index (χ4v) is 2.50. The van der Waals surface area contributed by atoms with Crippen LogP contribution in [0.15, 0.2) is 30.3 Å². The van der Waals surface area contributed by atoms with Crippen molar-refractivity contribution in [2.75, 3.05) is 0 Å². The number of benzene rings is 1. The van der Waals surface area contributed by atoms with Gasteiger partial charge in [-0.1, -0.05) is 55.8 Å². The standard InChI is InChI=1S/C16H22ClN3/c1-12(2)11-20-16(17)15(13(3)19-20)10-18-9-14-7-5-4-6-8-14/h4-8,12,18H,9-11H2,1-3H3. The second-order valence-electron chi connectivity index (χ2n) is 5.52. The van der Waals surface area contributed by atoms with Gasteiger partial charge in [-0.3, -0.25) is 4.68 Å². The number of aromatic nitrogens is 2. The van der Waals surface area contributed by atoms with E-state index in [-0.39, 0.29) is 0 Å². The molecule has 0 amide bonds. The van der Waals surface area contributed by atoms with Crippen molar-refractivity contribution in [3.8, 4) is 0 Å². The Labute approximate surface area is 126 Å². The van der Waals surface area contributed by atoms with E-state index in [9.17, 15) is 0 Å². The quantitative estimate of drug-likeness (QED) is 0.877. The molecule has 0 aliphatic heterocycles. The molecule has 1 aromatic heterocycles. The summed E-state index contributed by atoms with van der Waals surface area (Å²) in [4.78, 5) is 0. The first-order valence-corrected chi connectivity index (χ1v) is 7.42. The summed E-state index contributed by atoms with van der Waals surface area (Å²) in [6.45, 7) is 8.80. The number of hydrogen-bond donors (Lipinski definition) is 1. The van der Waals surface area contributed by atoms with E-state index in [1.165, 1.54) is 5.56 Å². The zero-order chi connectivity index (χ0) is 14.5. The summed E-state index contributed by atoms with van der Waals surface area (Å²) >= 11 is 6.42. The predicted octanol–water partition coefficient (Wildman–Crippen LogP) is 3.79. The second-order valence-corrected chi connectivity index (χ2v) is 5.88. The molecule has 0 saturated heterocycles. The lowest BCUT2D eigenvalue weighted by atomic mass is 10.2. The van der Waals surface area contributed by atoms with Gasteiger partial charge in [-0.05, 0) is 18.4 Å². The van der Waals surface area contributed by atoms with Gasteiger partial charge >= 0.3 is 0 Å². The van der Waals surface area contributed by atoms with E-state index >= 15 is 0 Å². The lowest BCUT2D eigenvalue weighted by Crippen LogP contribution is -2.13. The van der Waals surface area contributed by atoms with E-state index < -0.39 is 0 Å². The molecule has 0 bridgehead atoms. The third-order valence-electron chi connectivity index (χ3n) is 3.19. The molecule has 0 spiro atoms. The summed E-state index contributed by atoms with van der Waals surface area (Å²) in [7, 11) is 0. The Bertz CT molecular complexity index is 546. The van der Waals surface area contributed by atoms with Crippen molar-refractivity contribution in [2.24, 2.45) is 5.92 Å². The van der Waals surface area contributed by atoms with Gasteiger partial charge < -0.3 is 5.32 Å². The molecule has 0 atom stereocenters. The molecule has 1 aromatic carbocycles. The van der Waals surface area contributed by atoms with Crippen molar-refractivity contribution in [3.05, 3.63) is 52.3 Å². The largest absolute Gasteiger partial charge is 0.308 e. The zero-order valence-corrected chi connectivity index (χ0v) is 13.1. The van der Waals surface area contributed by atoms with E-state index in [4.69, 9.17) is 11.6 Å². The van der Waals surface area contributed by atoms with Crippen LogP contribution in [-0.4, -0.2) is 9.78 Å². The second kappa shape index (κ2) is 6.91. The van der Waals surface area contributed by atoms with Crippen LogP contribution in [0.5, 0.6) is 0 Å². The monoisotopic (exact) mass is 291 g/mol. The maximum atomic E-state index is 6.42. The Balaban J connectivity index is 1.97. The summed E-state index contributed by atoms with van der Waals surface area (Å²) in [5, 5.41) is 8.71. The highest BCUT2D eigenvalue weighted by Crippen LogP contribution is 2.20. The normalized spacial score (nSPS) is 11.2. The highest BCUT2D eigenvalue weighted by Gasteiger charge is 2.13. The number of hydrogen-bond acceptors (Lipinski definition) is 2. The predicted molar refractivity (Wildman–Crippen MR) is 83.8 cm³/mol. The number of halogens is 1. The lowest BCUT2D eigenvalue weighted by molar-refractivity contribution is 0.481. The van der Waals surface area contributed by atoms with Crippen LogP contribution in [0.2, 0.25) is 5.15 Å². The van der Waals surface area contributed by atoms with Crippen LogP contribution in [0.3, 0.4) is 0 Å². The topological polar surface area (TPSA) is 29.9 Å². The number of nitrogens with one attached hydrogen (secondary N) is 1. The van der Waals surface area contributed by atoms with Gasteiger partial charge in [0.05, 0.1) is 5.69 Å². The molecule has 108 valence electrons. The maximum absolute atomic E-state index is 6.42. The average Bonchev–Trinajstić information content (AvgIpc) is 2.67. The van der Waals surface area contributed by atoms with Crippen LogP contribution < -0.4 is 5.32 Å². The van der Waals surface area contributed by atoms with Crippen LogP contribution in [0.4, 0.5) is 0 Å². The van der Waals surface area contributed by atoms with Gasteiger partial charge in [0, 0.05) is 25.2 Å². The summed E-state index contributed by atoms with van der Waals surface area (Å²) < 4.78 is 1.90. The summed E-state index contributed by atoms with van der Waals surface area (Å²) in [6, 6.07) is 10.4. The minimum Gasteiger partial charge on any atom is -0.308 e. The summed E-state index contributed by atoms with van der Waals surface area (Å²) in [5.74, 6) is 0.539. The first-order valence-electron chi connectivity index (χ1n) is 7.04. The zero-order valence-electron chi connectivity index (χ0n) is 12.4. The third kappa shape index (κ3) is 3.84. The van der Waals surface area contributed by atoms with Crippen molar-refractivity contribution in [1.82, 2.24) is 15.1 Å². The number of rotatable bonds is 6. The Morgan fingerprint density at radius 3 is 2.55 bits per heavy atom. The third-order valence-corrected chi connectivity index (χ3v) is 3.62. The van der Waals surface area contributed by atoms with Gasteiger partial charge in [0.1, 0.15) is 5.15 Å². The van der Waals surface area contributed by atoms with Gasteiger partial charge in [0.25, 0.3) is 0 Å². The highest BCUT2D eigenvalue weighted by atomic mass is 35.5. The SMILES string of the molecule is Cc1nn(CC(C)C)c(Cl)c1CNCc1ccccc1. The van der Waals surface area contributed by atoms with E-state index in [0.717, 1.165) is 36.0 Å². The maximum Gasteiger partial charge on any atom is 0.131 e. The van der Waals surface area contributed by atoms with Crippen LogP contribution >= 0.6 is 11.6 Å². The van der Waals surface area contributed by atoms with Gasteiger partial charge in [-0.15, -0.1) is 0 Å². The average molecular weight is 292 g/mol. The minimum absolute atomic E-state index is 0.539. The highest BCUT2D eigenvalue weighted by molar-refractivity contribution is 6.30. The molecule has 2 rings (SSSR count). The molecule has 0 radical (unpaired) electrons. The van der Waals surface area contributed by atoms with Gasteiger partial charge in [0.15, 0.2) is 0 Å². The molecule has 0 aliphatic carbocycles. The molecule has 0 unspecified atom stereocenters. The Hall–Kier alpha value is -1.32. The Morgan fingerprint density at radius 1 is 1.20 bits per heavy atom. The first-order chi connectivity index (χ1) is 9.58. The minimum atomic E-state index is 0.539. The van der Waals surface area contributed by atoms with Gasteiger partial charge in [-0.25, -0.2) is 0 Å². The van der Waals surface area contributed by atoms with Crippen LogP contribution in [-0.2, 0) is 19.6 Å². The molecule has 20 heavy (non-hydrogen) atoms. The molecule has 0 fully saturated rings. The Kier molecular flexibility index (Phi) is 5.21. The number of aryl methyl sites for hydroxylation is 1. The summed E-state index contributed by atoms with van der Waals surface area (Å²) in [6.07, 6.45) is 0. The molecule has 3 nitrogen and oxygen atoms in total. The van der Waals surface area contributed by atoms with Crippen molar-refractivity contribution in [1.29, 1.82) is 0 Å². The van der Waals surface area contributed by atoms with E-state index in [1.54, 1.807) is 0 Å². The lowest BCUT2D eigenvalue weighted by Gasteiger charge is -2.07. The fraction of sp³-hybridized carbons (Fsp3) is 0.438. The first kappa shape index (κ1) is 15.1. The molecule has 1 N–H and O–H groups in total. The van der Waals surface area contributed by atoms with Crippen LogP contribution in [0.1, 0.15) is 30.7 Å². The molecular weight excluding hydrogens is 270 g/mol. The van der Waals surface area contributed by atoms with Crippen molar-refractivity contribution in [3.63, 3.8) is 0 Å². The fourth-order valence-electron chi connectivity index (χ4n) is 2.19.